The van der Waals surface area contributed by atoms with Gasteiger partial charge in [0, 0.05) is 41.2 Å². The topological polar surface area (TPSA) is 118 Å². The van der Waals surface area contributed by atoms with E-state index in [4.69, 9.17) is 4.74 Å². The Morgan fingerprint density at radius 3 is 2.73 bits per heavy atom. The van der Waals surface area contributed by atoms with Gasteiger partial charge in [-0.2, -0.15) is 5.10 Å². The number of nitrogens with zero attached hydrogens (tertiary/aromatic N) is 4. The molecule has 4 fully saturated rings. The number of imidazole rings is 1. The number of hydrogen-bond donors (Lipinski definition) is 3. The fourth-order valence-corrected chi connectivity index (χ4v) is 5.56. The van der Waals surface area contributed by atoms with Crippen LogP contribution < -0.4 is 10.6 Å². The van der Waals surface area contributed by atoms with E-state index in [0.717, 1.165) is 19.3 Å². The minimum Gasteiger partial charge on any atom is -0.443 e. The summed E-state index contributed by atoms with van der Waals surface area (Å²) >= 11 is 0. The van der Waals surface area contributed by atoms with E-state index in [1.54, 1.807) is 19.1 Å². The van der Waals surface area contributed by atoms with Gasteiger partial charge in [-0.15, -0.1) is 13.2 Å². The maximum atomic E-state index is 15.2. The van der Waals surface area contributed by atoms with Crippen molar-refractivity contribution in [2.45, 2.75) is 75.7 Å². The van der Waals surface area contributed by atoms with Crippen LogP contribution in [-0.2, 0) is 16.1 Å². The van der Waals surface area contributed by atoms with E-state index in [9.17, 15) is 18.0 Å². The molecule has 4 aliphatic rings. The lowest BCUT2D eigenvalue weighted by molar-refractivity contribution is -0.330. The Bertz CT molecular complexity index is 1320. The maximum Gasteiger partial charge on any atom is 0.522 e. The van der Waals surface area contributed by atoms with E-state index in [-0.39, 0.29) is 17.2 Å². The quantitative estimate of drug-likeness (QED) is 0.393. The minimum atomic E-state index is -4.77. The molecule has 10 nitrogen and oxygen atoms in total. The maximum absolute atomic E-state index is 15.2. The predicted molar refractivity (Wildman–Crippen MR) is 121 cm³/mol. The summed E-state index contributed by atoms with van der Waals surface area (Å²) in [6.45, 7) is 0.983. The third-order valence-electron chi connectivity index (χ3n) is 7.42. The molecule has 3 aromatic rings. The number of alkyl carbamates (subject to hydrolysis) is 1. The fraction of sp³-hybridized carbons (Fsp3) is 0.565. The van der Waals surface area contributed by atoms with E-state index in [1.165, 1.54) is 10.6 Å². The summed E-state index contributed by atoms with van der Waals surface area (Å²) in [7, 11) is 0. The molecule has 0 spiro atoms. The third kappa shape index (κ3) is 4.69. The number of rotatable bonds is 7. The van der Waals surface area contributed by atoms with Crippen molar-refractivity contribution in [3.05, 3.63) is 35.4 Å². The zero-order chi connectivity index (χ0) is 25.9. The predicted octanol–water partition coefficient (Wildman–Crippen LogP) is 4.40. The van der Waals surface area contributed by atoms with Gasteiger partial charge in [-0.25, -0.2) is 19.2 Å². The van der Waals surface area contributed by atoms with Gasteiger partial charge in [0.25, 0.3) is 0 Å². The van der Waals surface area contributed by atoms with Gasteiger partial charge in [-0.1, -0.05) is 0 Å². The Hall–Kier alpha value is -3.42. The number of nitrogens with one attached hydrogen (secondary N) is 3. The number of anilines is 2. The standard InChI is InChI=1S/C23H25F4N7O3/c1-11-4-18-29-13(10-36-23(25,26)27)9-34(18)20(28-11)30-17-5-15(32-33-17)14-2-3-16(19(14)24)37-21(35)31-22-6-12(7-22)8-22/h4-5,9,12,14,16,19H,2-3,6-8,10H2,1H3,(H,31,35)(H2,28,30,32,33)/t12?,14-,16-,19-,22?/m0/s1. The number of ether oxygens (including phenoxy) is 2. The number of aromatic amines is 1. The van der Waals surface area contributed by atoms with Crippen LogP contribution in [0.25, 0.3) is 5.65 Å². The van der Waals surface area contributed by atoms with Crippen LogP contribution >= 0.6 is 0 Å². The van der Waals surface area contributed by atoms with Crippen LogP contribution in [0.15, 0.2) is 18.3 Å². The molecule has 2 bridgehead atoms. The number of hydrogen-bond acceptors (Lipinski definition) is 7. The van der Waals surface area contributed by atoms with Crippen LogP contribution in [0.5, 0.6) is 0 Å². The van der Waals surface area contributed by atoms with Crippen molar-refractivity contribution in [3.8, 4) is 0 Å². The summed E-state index contributed by atoms with van der Waals surface area (Å²) < 4.78 is 63.2. The van der Waals surface area contributed by atoms with E-state index >= 15 is 4.39 Å². The summed E-state index contributed by atoms with van der Waals surface area (Å²) in [6.07, 6.45) is -2.37. The molecule has 198 valence electrons. The van der Waals surface area contributed by atoms with Gasteiger partial charge in [0.05, 0.1) is 12.3 Å². The summed E-state index contributed by atoms with van der Waals surface area (Å²) in [4.78, 5) is 20.8. The molecule has 3 aromatic heterocycles. The fourth-order valence-electron chi connectivity index (χ4n) is 5.56. The van der Waals surface area contributed by atoms with Gasteiger partial charge in [0.2, 0.25) is 5.95 Å². The molecule has 3 atom stereocenters. The number of aryl methyl sites for hydroxylation is 1. The second-order valence-corrected chi connectivity index (χ2v) is 10.2. The van der Waals surface area contributed by atoms with Crippen molar-refractivity contribution in [1.82, 2.24) is 29.9 Å². The van der Waals surface area contributed by atoms with Crippen LogP contribution in [0.2, 0.25) is 0 Å². The Balaban J connectivity index is 1.11. The Morgan fingerprint density at radius 1 is 1.24 bits per heavy atom. The van der Waals surface area contributed by atoms with Gasteiger partial charge in [0.15, 0.2) is 5.82 Å². The highest BCUT2D eigenvalue weighted by atomic mass is 19.4. The molecule has 4 saturated carbocycles. The van der Waals surface area contributed by atoms with Crippen molar-refractivity contribution in [2.24, 2.45) is 5.92 Å². The number of aromatic nitrogens is 5. The van der Waals surface area contributed by atoms with Gasteiger partial charge in [0.1, 0.15) is 17.9 Å². The zero-order valence-corrected chi connectivity index (χ0v) is 19.8. The van der Waals surface area contributed by atoms with Crippen molar-refractivity contribution in [2.75, 3.05) is 5.32 Å². The first kappa shape index (κ1) is 23.9. The summed E-state index contributed by atoms with van der Waals surface area (Å²) in [5, 5.41) is 12.9. The number of fused-ring (bicyclic) bond motifs is 1. The molecule has 14 heteroatoms. The molecule has 3 N–H and O–H groups in total. The summed E-state index contributed by atoms with van der Waals surface area (Å²) in [5.41, 5.74) is 1.44. The number of amides is 1. The van der Waals surface area contributed by atoms with E-state index in [2.05, 4.69) is 35.5 Å². The van der Waals surface area contributed by atoms with Gasteiger partial charge in [-0.05, 0) is 44.9 Å². The second-order valence-electron chi connectivity index (χ2n) is 10.2. The number of H-pyrrole nitrogens is 1. The van der Waals surface area contributed by atoms with Gasteiger partial charge < -0.3 is 15.4 Å². The molecule has 7 rings (SSSR count). The van der Waals surface area contributed by atoms with Crippen molar-refractivity contribution in [1.29, 1.82) is 0 Å². The Morgan fingerprint density at radius 2 is 2.03 bits per heavy atom. The van der Waals surface area contributed by atoms with E-state index in [1.807, 2.05) is 0 Å². The highest BCUT2D eigenvalue weighted by molar-refractivity contribution is 5.69. The number of alkyl halides is 4. The molecular weight excluding hydrogens is 498 g/mol. The number of halogens is 4. The molecule has 4 aliphatic carbocycles. The molecule has 0 radical (unpaired) electrons. The van der Waals surface area contributed by atoms with Crippen molar-refractivity contribution < 1.29 is 31.8 Å². The normalized spacial score (nSPS) is 28.6. The minimum absolute atomic E-state index is 0.0748. The summed E-state index contributed by atoms with van der Waals surface area (Å²) in [5.74, 6) is 0.793. The van der Waals surface area contributed by atoms with Crippen LogP contribution in [0.1, 0.15) is 55.1 Å². The summed E-state index contributed by atoms with van der Waals surface area (Å²) in [6, 6.07) is 3.26. The molecule has 0 unspecified atom stereocenters. The second kappa shape index (κ2) is 8.57. The molecule has 0 aromatic carbocycles. The first-order valence-corrected chi connectivity index (χ1v) is 12.1. The molecule has 1 amide bonds. The number of carbonyl (C=O) groups excluding carboxylic acids is 1. The lowest BCUT2D eigenvalue weighted by atomic mass is 9.50. The lowest BCUT2D eigenvalue weighted by Gasteiger charge is -2.61. The third-order valence-corrected chi connectivity index (χ3v) is 7.42. The van der Waals surface area contributed by atoms with Gasteiger partial charge >= 0.3 is 12.5 Å². The molecular formula is C23H25F4N7O3. The highest BCUT2D eigenvalue weighted by Gasteiger charge is 2.58. The van der Waals surface area contributed by atoms with Crippen LogP contribution in [0, 0.1) is 12.8 Å². The molecule has 0 aliphatic heterocycles. The van der Waals surface area contributed by atoms with Crippen LogP contribution in [-0.4, -0.2) is 54.8 Å². The van der Waals surface area contributed by atoms with Crippen LogP contribution in [0.4, 0.5) is 34.1 Å². The van der Waals surface area contributed by atoms with E-state index in [0.29, 0.717) is 41.6 Å². The molecule has 3 heterocycles. The van der Waals surface area contributed by atoms with Crippen molar-refractivity contribution >= 4 is 23.5 Å². The first-order valence-electron chi connectivity index (χ1n) is 12.1. The Kier molecular flexibility index (Phi) is 5.55. The average molecular weight is 523 g/mol. The average Bonchev–Trinajstić information content (AvgIpc) is 3.47. The highest BCUT2D eigenvalue weighted by Crippen LogP contribution is 2.57. The monoisotopic (exact) mass is 523 g/mol. The molecule has 37 heavy (non-hydrogen) atoms. The Labute approximate surface area is 208 Å². The van der Waals surface area contributed by atoms with Crippen molar-refractivity contribution in [3.63, 3.8) is 0 Å². The number of carbonyl (C=O) groups is 1. The SMILES string of the molecule is Cc1cc2nc(COC(F)(F)F)cn2c(Nc2cc([C@@H]3CC[C@H](OC(=O)NC45CC(C4)C5)[C@H]3F)[nH]n2)n1. The van der Waals surface area contributed by atoms with Gasteiger partial charge in [-0.3, -0.25) is 14.2 Å². The lowest BCUT2D eigenvalue weighted by Crippen LogP contribution is -2.68. The molecule has 0 saturated heterocycles. The van der Waals surface area contributed by atoms with Crippen LogP contribution in [0.3, 0.4) is 0 Å². The smallest absolute Gasteiger partial charge is 0.443 e. The van der Waals surface area contributed by atoms with E-state index < -0.39 is 37.3 Å². The largest absolute Gasteiger partial charge is 0.522 e. The first-order chi connectivity index (χ1) is 17.6. The zero-order valence-electron chi connectivity index (χ0n) is 19.8.